The van der Waals surface area contributed by atoms with Gasteiger partial charge in [0.1, 0.15) is 30.0 Å². The van der Waals surface area contributed by atoms with Crippen LogP contribution < -0.4 is 5.09 Å². The number of aliphatic hydroxyl groups is 1. The Morgan fingerprint density at radius 2 is 2.16 bits per heavy atom. The molecule has 1 unspecified atom stereocenters. The Morgan fingerprint density at radius 1 is 1.36 bits per heavy atom. The van der Waals surface area contributed by atoms with Crippen molar-refractivity contribution in [3.8, 4) is 0 Å². The maximum atomic E-state index is 9.86. The highest BCUT2D eigenvalue weighted by Gasteiger charge is 2.52. The monoisotopic (exact) mass is 362 g/mol. The van der Waals surface area contributed by atoms with Gasteiger partial charge in [0.2, 0.25) is 0 Å². The lowest BCUT2D eigenvalue weighted by molar-refractivity contribution is -0.148. The van der Waals surface area contributed by atoms with E-state index in [1.54, 1.807) is 6.33 Å². The quantitative estimate of drug-likeness (QED) is 0.642. The first-order valence-electron chi connectivity index (χ1n) is 8.37. The second kappa shape index (κ2) is 6.02. The van der Waals surface area contributed by atoms with E-state index < -0.39 is 5.79 Å². The van der Waals surface area contributed by atoms with E-state index in [4.69, 9.17) is 9.47 Å². The molecule has 2 aromatic heterocycles. The number of ether oxygens (including phenoxy) is 2. The van der Waals surface area contributed by atoms with Gasteiger partial charge in [-0.05, 0) is 53.4 Å². The molecule has 2 aromatic rings. The minimum absolute atomic E-state index is 0.0269. The van der Waals surface area contributed by atoms with E-state index in [1.165, 1.54) is 0 Å². The van der Waals surface area contributed by atoms with Gasteiger partial charge >= 0.3 is 0 Å². The van der Waals surface area contributed by atoms with Crippen molar-refractivity contribution in [1.29, 1.82) is 0 Å². The van der Waals surface area contributed by atoms with Crippen molar-refractivity contribution in [2.24, 2.45) is 0 Å². The molecule has 7 nitrogen and oxygen atoms in total. The average Bonchev–Trinajstić information content (AvgIpc) is 3.17. The second-order valence-electron chi connectivity index (χ2n) is 6.89. The van der Waals surface area contributed by atoms with E-state index in [2.05, 4.69) is 26.3 Å². The van der Waals surface area contributed by atoms with Gasteiger partial charge in [0.25, 0.3) is 0 Å². The van der Waals surface area contributed by atoms with E-state index in [-0.39, 0.29) is 24.9 Å². The van der Waals surface area contributed by atoms with E-state index in [9.17, 15) is 5.11 Å². The molecule has 134 valence electrons. The molecular weight excluding hydrogens is 339 g/mol. The molecule has 0 amide bonds. The van der Waals surface area contributed by atoms with Crippen LogP contribution in [-0.4, -0.2) is 50.9 Å². The van der Waals surface area contributed by atoms with Crippen LogP contribution in [0.2, 0.25) is 0 Å². The average molecular weight is 362 g/mol. The minimum atomic E-state index is -0.664. The number of fused-ring (bicyclic) bond motifs is 2. The summed E-state index contributed by atoms with van der Waals surface area (Å²) >= 11 is 0. The predicted octanol–water partition coefficient (Wildman–Crippen LogP) is 2.45. The smallest absolute Gasteiger partial charge is 0.164 e. The van der Waals surface area contributed by atoms with Crippen molar-refractivity contribution in [2.45, 2.75) is 44.8 Å². The molecule has 8 heteroatoms. The third-order valence-electron chi connectivity index (χ3n) is 4.96. The molecule has 2 N–H and O–H groups in total. The zero-order valence-electron chi connectivity index (χ0n) is 14.8. The number of anilines is 1. The first-order chi connectivity index (χ1) is 12.0. The van der Waals surface area contributed by atoms with Gasteiger partial charge in [0.15, 0.2) is 5.79 Å². The number of aromatic nitrogens is 3. The molecule has 0 aromatic carbocycles. The maximum absolute atomic E-state index is 9.86. The lowest BCUT2D eigenvalue weighted by Gasteiger charge is -2.24. The zero-order valence-corrected chi connectivity index (χ0v) is 15.8. The van der Waals surface area contributed by atoms with Crippen LogP contribution in [0.3, 0.4) is 0 Å². The van der Waals surface area contributed by atoms with Crippen molar-refractivity contribution in [1.82, 2.24) is 14.5 Å². The number of hydrogen-bond acceptors (Lipinski definition) is 6. The standard InChI is InChI=1S/C17H23N4O3P/c1-9-11(7-22)13-14(24-17(2,3)23-13)12(9)21-6-5-10-15(20-25-4)18-8-19-16(10)21/h5-6,8,12-14,22,25H,7H2,1-4H3,(H,18,19,20)/t12-,13-,14+/m1/s1. The Hall–Kier alpha value is -1.53. The van der Waals surface area contributed by atoms with Gasteiger partial charge in [-0.1, -0.05) is 0 Å². The summed E-state index contributed by atoms with van der Waals surface area (Å²) in [6, 6.07) is 1.97. The summed E-state index contributed by atoms with van der Waals surface area (Å²) in [6.07, 6.45) is 3.20. The first-order valence-corrected chi connectivity index (χ1v) is 9.87. The van der Waals surface area contributed by atoms with Crippen LogP contribution in [0.25, 0.3) is 11.0 Å². The Balaban J connectivity index is 1.82. The summed E-state index contributed by atoms with van der Waals surface area (Å²) in [5.74, 6) is 0.176. The van der Waals surface area contributed by atoms with Gasteiger partial charge in [-0.3, -0.25) is 0 Å². The molecule has 3 heterocycles. The van der Waals surface area contributed by atoms with Crippen molar-refractivity contribution in [3.05, 3.63) is 29.7 Å². The van der Waals surface area contributed by atoms with Crippen LogP contribution in [0.15, 0.2) is 29.7 Å². The summed E-state index contributed by atoms with van der Waals surface area (Å²) in [5.41, 5.74) is 2.84. The highest BCUT2D eigenvalue weighted by atomic mass is 31.1. The fourth-order valence-electron chi connectivity index (χ4n) is 3.95. The molecule has 0 saturated carbocycles. The van der Waals surface area contributed by atoms with Crippen LogP contribution in [0.5, 0.6) is 0 Å². The van der Waals surface area contributed by atoms with Crippen LogP contribution in [0.4, 0.5) is 5.82 Å². The Kier molecular flexibility index (Phi) is 4.07. The zero-order chi connectivity index (χ0) is 17.8. The summed E-state index contributed by atoms with van der Waals surface area (Å²) in [7, 11) is 0.563. The maximum Gasteiger partial charge on any atom is 0.164 e. The number of nitrogens with zero attached hydrogens (tertiary/aromatic N) is 3. The second-order valence-corrected chi connectivity index (χ2v) is 7.64. The highest BCUT2D eigenvalue weighted by Crippen LogP contribution is 2.47. The predicted molar refractivity (Wildman–Crippen MR) is 98.0 cm³/mol. The summed E-state index contributed by atoms with van der Waals surface area (Å²) < 4.78 is 14.3. The Morgan fingerprint density at radius 3 is 2.88 bits per heavy atom. The van der Waals surface area contributed by atoms with Gasteiger partial charge in [-0.15, -0.1) is 0 Å². The van der Waals surface area contributed by atoms with Gasteiger partial charge in [-0.2, -0.15) is 0 Å². The van der Waals surface area contributed by atoms with Crippen LogP contribution in [0.1, 0.15) is 26.8 Å². The molecule has 1 aliphatic heterocycles. The molecule has 1 aliphatic carbocycles. The normalized spacial score (nSPS) is 28.4. The lowest BCUT2D eigenvalue weighted by atomic mass is 10.1. The van der Waals surface area contributed by atoms with Crippen molar-refractivity contribution in [3.63, 3.8) is 0 Å². The molecular formula is C17H23N4O3P. The number of aliphatic hydroxyl groups excluding tert-OH is 1. The number of rotatable bonds is 4. The van der Waals surface area contributed by atoms with E-state index in [0.29, 0.717) is 8.73 Å². The fraction of sp³-hybridized carbons (Fsp3) is 0.529. The Bertz CT molecular complexity index is 848. The highest BCUT2D eigenvalue weighted by molar-refractivity contribution is 7.38. The molecule has 4 rings (SSSR count). The lowest BCUT2D eigenvalue weighted by Crippen LogP contribution is -2.29. The summed E-state index contributed by atoms with van der Waals surface area (Å²) in [6.45, 7) is 7.90. The molecule has 0 radical (unpaired) electrons. The molecule has 0 spiro atoms. The van der Waals surface area contributed by atoms with Crippen LogP contribution in [-0.2, 0) is 9.47 Å². The van der Waals surface area contributed by atoms with Crippen molar-refractivity contribution >= 4 is 25.6 Å². The third kappa shape index (κ3) is 2.57. The summed E-state index contributed by atoms with van der Waals surface area (Å²) in [5, 5.41) is 14.1. The van der Waals surface area contributed by atoms with Gasteiger partial charge in [0, 0.05) is 6.20 Å². The molecule has 2 aliphatic rings. The van der Waals surface area contributed by atoms with Gasteiger partial charge < -0.3 is 24.2 Å². The van der Waals surface area contributed by atoms with E-state index in [0.717, 1.165) is 28.0 Å². The third-order valence-corrected chi connectivity index (χ3v) is 5.44. The topological polar surface area (TPSA) is 81.4 Å². The fourth-order valence-corrected chi connectivity index (χ4v) is 4.38. The van der Waals surface area contributed by atoms with Crippen LogP contribution in [0, 0.1) is 0 Å². The molecule has 1 saturated heterocycles. The number of hydrogen-bond donors (Lipinski definition) is 2. The molecule has 4 atom stereocenters. The minimum Gasteiger partial charge on any atom is -0.392 e. The van der Waals surface area contributed by atoms with Crippen LogP contribution >= 0.6 is 8.73 Å². The summed E-state index contributed by atoms with van der Waals surface area (Å²) in [4.78, 5) is 8.84. The molecule has 0 bridgehead atoms. The number of nitrogens with one attached hydrogen (secondary N) is 1. The largest absolute Gasteiger partial charge is 0.392 e. The SMILES string of the molecule is CPNc1ncnc2c1ccn2[C@@H]1C(C)=C(CO)[C@H]2OC(C)(C)O[C@H]21. The first kappa shape index (κ1) is 16.9. The van der Waals surface area contributed by atoms with Gasteiger partial charge in [-0.25, -0.2) is 9.97 Å². The Labute approximate surface area is 148 Å². The van der Waals surface area contributed by atoms with Crippen molar-refractivity contribution < 1.29 is 14.6 Å². The van der Waals surface area contributed by atoms with Gasteiger partial charge in [0.05, 0.1) is 18.0 Å². The van der Waals surface area contributed by atoms with E-state index >= 15 is 0 Å². The molecule has 25 heavy (non-hydrogen) atoms. The van der Waals surface area contributed by atoms with Crippen molar-refractivity contribution in [2.75, 3.05) is 18.4 Å². The van der Waals surface area contributed by atoms with E-state index in [1.807, 2.05) is 33.0 Å². The molecule has 1 fully saturated rings.